The summed E-state index contributed by atoms with van der Waals surface area (Å²) in [6.45, 7) is 0.236. The zero-order chi connectivity index (χ0) is 21.9. The van der Waals surface area contributed by atoms with Crippen LogP contribution < -0.4 is 0 Å². The van der Waals surface area contributed by atoms with Gasteiger partial charge in [-0.1, -0.05) is 65.9 Å². The Kier molecular flexibility index (Phi) is 5.17. The summed E-state index contributed by atoms with van der Waals surface area (Å²) in [4.78, 5) is 24.9. The van der Waals surface area contributed by atoms with E-state index in [2.05, 4.69) is 10.3 Å². The van der Waals surface area contributed by atoms with Crippen LogP contribution >= 0.6 is 0 Å². The van der Waals surface area contributed by atoms with Crippen LogP contribution in [0.4, 0.5) is 0 Å². The first kappa shape index (κ1) is 19.6. The standard InChI is InChI=1S/C26H19N3O3/c30-25(22-14-13-19-5-1-2-6-21(19)15-22)17-32-26(31)20-11-9-18(10-12-20)16-29-24-8-4-3-7-23(24)27-28-29/h1-15H,16-17H2. The van der Waals surface area contributed by atoms with Crippen molar-refractivity contribution < 1.29 is 14.3 Å². The van der Waals surface area contributed by atoms with Gasteiger partial charge in [-0.25, -0.2) is 9.48 Å². The Morgan fingerprint density at radius 3 is 2.34 bits per heavy atom. The third-order valence-corrected chi connectivity index (χ3v) is 5.35. The number of ketones is 1. The van der Waals surface area contributed by atoms with E-state index in [1.807, 2.05) is 77.5 Å². The second-order valence-corrected chi connectivity index (χ2v) is 7.49. The summed E-state index contributed by atoms with van der Waals surface area (Å²) >= 11 is 0. The predicted octanol–water partition coefficient (Wildman–Crippen LogP) is 4.67. The van der Waals surface area contributed by atoms with Crippen LogP contribution in [0.3, 0.4) is 0 Å². The van der Waals surface area contributed by atoms with E-state index >= 15 is 0 Å². The Hall–Kier alpha value is -4.32. The zero-order valence-corrected chi connectivity index (χ0v) is 17.1. The van der Waals surface area contributed by atoms with Gasteiger partial charge in [0.05, 0.1) is 17.6 Å². The van der Waals surface area contributed by atoms with E-state index < -0.39 is 5.97 Å². The van der Waals surface area contributed by atoms with Crippen molar-refractivity contribution >= 4 is 33.6 Å². The van der Waals surface area contributed by atoms with Crippen LogP contribution in [0.15, 0.2) is 91.0 Å². The lowest BCUT2D eigenvalue weighted by molar-refractivity contribution is 0.0475. The molecule has 0 aliphatic carbocycles. The van der Waals surface area contributed by atoms with Crippen molar-refractivity contribution in [1.82, 2.24) is 15.0 Å². The molecule has 1 heterocycles. The lowest BCUT2D eigenvalue weighted by atomic mass is 10.0. The number of hydrogen-bond acceptors (Lipinski definition) is 5. The molecular weight excluding hydrogens is 402 g/mol. The lowest BCUT2D eigenvalue weighted by Crippen LogP contribution is -2.14. The largest absolute Gasteiger partial charge is 0.454 e. The van der Waals surface area contributed by atoms with Gasteiger partial charge in [0.25, 0.3) is 0 Å². The molecule has 0 saturated heterocycles. The Morgan fingerprint density at radius 1 is 0.781 bits per heavy atom. The summed E-state index contributed by atoms with van der Waals surface area (Å²) in [6.07, 6.45) is 0. The van der Waals surface area contributed by atoms with Gasteiger partial charge in [-0.3, -0.25) is 4.79 Å². The van der Waals surface area contributed by atoms with Gasteiger partial charge in [-0.05, 0) is 46.7 Å². The molecule has 0 radical (unpaired) electrons. The second-order valence-electron chi connectivity index (χ2n) is 7.49. The predicted molar refractivity (Wildman–Crippen MR) is 122 cm³/mol. The molecule has 0 aliphatic rings. The molecular formula is C26H19N3O3. The molecule has 5 aromatic rings. The van der Waals surface area contributed by atoms with Crippen LogP contribution in [0.2, 0.25) is 0 Å². The van der Waals surface area contributed by atoms with Gasteiger partial charge in [0, 0.05) is 5.56 Å². The Morgan fingerprint density at radius 2 is 1.50 bits per heavy atom. The maximum Gasteiger partial charge on any atom is 0.338 e. The number of nitrogens with zero attached hydrogens (tertiary/aromatic N) is 3. The molecule has 32 heavy (non-hydrogen) atoms. The molecule has 0 unspecified atom stereocenters. The highest BCUT2D eigenvalue weighted by Crippen LogP contribution is 2.17. The minimum absolute atomic E-state index is 0.237. The molecule has 4 aromatic carbocycles. The number of Topliss-reactive ketones (excluding diaryl/α,β-unsaturated/α-hetero) is 1. The highest BCUT2D eigenvalue weighted by Gasteiger charge is 2.13. The van der Waals surface area contributed by atoms with E-state index in [-0.39, 0.29) is 12.4 Å². The third-order valence-electron chi connectivity index (χ3n) is 5.35. The first-order chi connectivity index (χ1) is 15.7. The minimum atomic E-state index is -0.531. The zero-order valence-electron chi connectivity index (χ0n) is 17.1. The van der Waals surface area contributed by atoms with E-state index in [0.717, 1.165) is 27.4 Å². The van der Waals surface area contributed by atoms with Crippen LogP contribution in [0, 0.1) is 0 Å². The second kappa shape index (κ2) is 8.43. The van der Waals surface area contributed by atoms with E-state index in [0.29, 0.717) is 17.7 Å². The van der Waals surface area contributed by atoms with E-state index in [9.17, 15) is 9.59 Å². The Labute approximate surface area is 184 Å². The van der Waals surface area contributed by atoms with Crippen molar-refractivity contribution in [3.8, 4) is 0 Å². The molecule has 156 valence electrons. The highest BCUT2D eigenvalue weighted by atomic mass is 16.5. The summed E-state index contributed by atoms with van der Waals surface area (Å²) in [6, 6.07) is 28.1. The number of rotatable bonds is 6. The summed E-state index contributed by atoms with van der Waals surface area (Å²) in [7, 11) is 0. The number of fused-ring (bicyclic) bond motifs is 2. The van der Waals surface area contributed by atoms with Crippen molar-refractivity contribution in [2.24, 2.45) is 0 Å². The van der Waals surface area contributed by atoms with Crippen LogP contribution in [-0.2, 0) is 11.3 Å². The number of carbonyl (C=O) groups is 2. The summed E-state index contributed by atoms with van der Waals surface area (Å²) < 4.78 is 7.05. The maximum atomic E-state index is 12.5. The number of benzene rings is 4. The molecule has 5 rings (SSSR count). The molecule has 0 spiro atoms. The normalized spacial score (nSPS) is 11.0. The quantitative estimate of drug-likeness (QED) is 0.294. The molecule has 0 N–H and O–H groups in total. The van der Waals surface area contributed by atoms with Gasteiger partial charge in [0.15, 0.2) is 12.4 Å². The number of aromatic nitrogens is 3. The molecule has 1 aromatic heterocycles. The van der Waals surface area contributed by atoms with Crippen LogP contribution in [0.1, 0.15) is 26.3 Å². The molecule has 0 amide bonds. The lowest BCUT2D eigenvalue weighted by Gasteiger charge is -2.07. The van der Waals surface area contributed by atoms with E-state index in [1.54, 1.807) is 18.2 Å². The van der Waals surface area contributed by atoms with Crippen molar-refractivity contribution in [3.63, 3.8) is 0 Å². The fourth-order valence-corrected chi connectivity index (χ4v) is 3.61. The summed E-state index contributed by atoms with van der Waals surface area (Å²) in [5.74, 6) is -0.768. The van der Waals surface area contributed by atoms with Crippen molar-refractivity contribution in [3.05, 3.63) is 108 Å². The molecule has 0 atom stereocenters. The smallest absolute Gasteiger partial charge is 0.338 e. The first-order valence-corrected chi connectivity index (χ1v) is 10.2. The van der Waals surface area contributed by atoms with Crippen molar-refractivity contribution in [2.75, 3.05) is 6.61 Å². The van der Waals surface area contributed by atoms with Gasteiger partial charge in [0.2, 0.25) is 0 Å². The Bertz CT molecular complexity index is 1440. The summed E-state index contributed by atoms with van der Waals surface area (Å²) in [5.41, 5.74) is 3.67. The third kappa shape index (κ3) is 3.98. The molecule has 0 saturated carbocycles. The molecule has 0 bridgehead atoms. The Balaban J connectivity index is 1.22. The number of esters is 1. The van der Waals surface area contributed by atoms with Crippen molar-refractivity contribution in [2.45, 2.75) is 6.54 Å². The van der Waals surface area contributed by atoms with Gasteiger partial charge < -0.3 is 4.74 Å². The molecule has 0 fully saturated rings. The first-order valence-electron chi connectivity index (χ1n) is 10.2. The van der Waals surface area contributed by atoms with Gasteiger partial charge in [-0.2, -0.15) is 0 Å². The maximum absolute atomic E-state index is 12.5. The van der Waals surface area contributed by atoms with Gasteiger partial charge in [0.1, 0.15) is 5.52 Å². The van der Waals surface area contributed by atoms with E-state index in [4.69, 9.17) is 4.74 Å². The molecule has 0 aliphatic heterocycles. The average molecular weight is 421 g/mol. The van der Waals surface area contributed by atoms with Crippen molar-refractivity contribution in [1.29, 1.82) is 0 Å². The summed E-state index contributed by atoms with van der Waals surface area (Å²) in [5, 5.41) is 10.4. The minimum Gasteiger partial charge on any atom is -0.454 e. The average Bonchev–Trinajstić information content (AvgIpc) is 3.25. The van der Waals surface area contributed by atoms with Crippen LogP contribution in [-0.4, -0.2) is 33.4 Å². The number of carbonyl (C=O) groups excluding carboxylic acids is 2. The van der Waals surface area contributed by atoms with Gasteiger partial charge >= 0.3 is 5.97 Å². The number of para-hydroxylation sites is 1. The topological polar surface area (TPSA) is 74.1 Å². The van der Waals surface area contributed by atoms with Crippen LogP contribution in [0.5, 0.6) is 0 Å². The fraction of sp³-hybridized carbons (Fsp3) is 0.0769. The van der Waals surface area contributed by atoms with E-state index in [1.165, 1.54) is 0 Å². The monoisotopic (exact) mass is 421 g/mol. The van der Waals surface area contributed by atoms with Crippen LogP contribution in [0.25, 0.3) is 21.8 Å². The molecule has 6 nitrogen and oxygen atoms in total. The fourth-order valence-electron chi connectivity index (χ4n) is 3.61. The highest BCUT2D eigenvalue weighted by molar-refractivity contribution is 6.02. The number of hydrogen-bond donors (Lipinski definition) is 0. The van der Waals surface area contributed by atoms with Gasteiger partial charge in [-0.15, -0.1) is 5.10 Å². The molecule has 6 heteroatoms. The SMILES string of the molecule is O=C(COC(=O)c1ccc(Cn2nnc3ccccc32)cc1)c1ccc2ccccc2c1. The number of ether oxygens (including phenoxy) is 1.